The van der Waals surface area contributed by atoms with Crippen LogP contribution in [0.5, 0.6) is 0 Å². The summed E-state index contributed by atoms with van der Waals surface area (Å²) in [6.07, 6.45) is -2.41. The maximum Gasteiger partial charge on any atom is 0.406 e. The normalized spacial score (nSPS) is 19.7. The van der Waals surface area contributed by atoms with Crippen LogP contribution in [0.25, 0.3) is 0 Å². The van der Waals surface area contributed by atoms with Gasteiger partial charge in [0.1, 0.15) is 29.8 Å². The van der Waals surface area contributed by atoms with Gasteiger partial charge in [-0.2, -0.15) is 13.2 Å². The van der Waals surface area contributed by atoms with Crippen molar-refractivity contribution in [3.8, 4) is 0 Å². The zero-order valence-corrected chi connectivity index (χ0v) is 11.6. The smallest absolute Gasteiger partial charge is 0.382 e. The van der Waals surface area contributed by atoms with Gasteiger partial charge in [-0.1, -0.05) is 11.6 Å². The predicted molar refractivity (Wildman–Crippen MR) is 70.7 cm³/mol. The molecule has 1 aromatic heterocycles. The van der Waals surface area contributed by atoms with Gasteiger partial charge < -0.3 is 16.0 Å². The first-order valence-corrected chi connectivity index (χ1v) is 6.54. The summed E-state index contributed by atoms with van der Waals surface area (Å²) in [7, 11) is 0. The Morgan fingerprint density at radius 2 is 2.19 bits per heavy atom. The highest BCUT2D eigenvalue weighted by atomic mass is 35.5. The fourth-order valence-corrected chi connectivity index (χ4v) is 2.25. The van der Waals surface area contributed by atoms with Crippen LogP contribution in [0.15, 0.2) is 6.33 Å². The predicted octanol–water partition coefficient (Wildman–Crippen LogP) is 1.68. The second kappa shape index (κ2) is 5.92. The Hall–Kier alpha value is -1.77. The Kier molecular flexibility index (Phi) is 4.40. The van der Waals surface area contributed by atoms with Crippen LogP contribution in [-0.2, 0) is 4.79 Å². The molecule has 1 aliphatic heterocycles. The number of rotatable bonds is 3. The van der Waals surface area contributed by atoms with E-state index in [9.17, 15) is 18.0 Å². The first-order chi connectivity index (χ1) is 9.78. The van der Waals surface area contributed by atoms with Crippen LogP contribution < -0.4 is 11.1 Å². The molecule has 21 heavy (non-hydrogen) atoms. The number of hydrogen-bond acceptors (Lipinski definition) is 5. The van der Waals surface area contributed by atoms with Crippen LogP contribution in [0.1, 0.15) is 12.8 Å². The summed E-state index contributed by atoms with van der Waals surface area (Å²) in [6.45, 7) is -1.18. The monoisotopic (exact) mass is 323 g/mol. The van der Waals surface area contributed by atoms with Gasteiger partial charge in [0, 0.05) is 6.54 Å². The van der Waals surface area contributed by atoms with Crippen LogP contribution >= 0.6 is 11.6 Å². The molecule has 6 nitrogen and oxygen atoms in total. The van der Waals surface area contributed by atoms with Crippen molar-refractivity contribution < 1.29 is 18.0 Å². The van der Waals surface area contributed by atoms with Crippen molar-refractivity contribution >= 4 is 29.1 Å². The van der Waals surface area contributed by atoms with Crippen molar-refractivity contribution in [1.29, 1.82) is 0 Å². The van der Waals surface area contributed by atoms with Crippen molar-refractivity contribution in [2.24, 2.45) is 0 Å². The minimum atomic E-state index is -4.42. The third kappa shape index (κ3) is 3.87. The molecule has 0 saturated carbocycles. The number of carbonyl (C=O) groups excluding carboxylic acids is 1. The van der Waals surface area contributed by atoms with Gasteiger partial charge in [0.05, 0.1) is 0 Å². The van der Waals surface area contributed by atoms with Crippen molar-refractivity contribution in [3.63, 3.8) is 0 Å². The van der Waals surface area contributed by atoms with E-state index >= 15 is 0 Å². The number of anilines is 2. The number of nitrogens with zero attached hydrogens (tertiary/aromatic N) is 3. The number of aromatic nitrogens is 2. The van der Waals surface area contributed by atoms with E-state index in [2.05, 4.69) is 15.3 Å². The Balaban J connectivity index is 2.09. The lowest BCUT2D eigenvalue weighted by molar-refractivity contribution is -0.163. The molecule has 0 radical (unpaired) electrons. The molecule has 0 spiro atoms. The van der Waals surface area contributed by atoms with Crippen molar-refractivity contribution in [2.75, 3.05) is 24.1 Å². The molecule has 0 bridgehead atoms. The van der Waals surface area contributed by atoms with Crippen LogP contribution in [0.2, 0.25) is 5.02 Å². The molecular weight excluding hydrogens is 311 g/mol. The summed E-state index contributed by atoms with van der Waals surface area (Å²) >= 11 is 5.89. The molecule has 1 saturated heterocycles. The van der Waals surface area contributed by atoms with E-state index < -0.39 is 24.7 Å². The first kappa shape index (κ1) is 15.6. The van der Waals surface area contributed by atoms with E-state index in [0.29, 0.717) is 12.8 Å². The number of nitrogens with one attached hydrogen (secondary N) is 1. The number of hydrogen-bond donors (Lipinski definition) is 2. The van der Waals surface area contributed by atoms with Gasteiger partial charge in [0.2, 0.25) is 5.91 Å². The molecule has 1 aromatic rings. The Labute approximate surface area is 123 Å². The third-order valence-electron chi connectivity index (χ3n) is 3.03. The topological polar surface area (TPSA) is 84.1 Å². The molecule has 0 aromatic carbocycles. The van der Waals surface area contributed by atoms with E-state index in [4.69, 9.17) is 17.3 Å². The van der Waals surface area contributed by atoms with Gasteiger partial charge in [0.15, 0.2) is 5.82 Å². The maximum absolute atomic E-state index is 12.4. The van der Waals surface area contributed by atoms with E-state index in [1.165, 1.54) is 0 Å². The SMILES string of the molecule is Nc1ncnc(N[C@@H]2CCCN(CC(F)(F)F)C2=O)c1Cl. The summed E-state index contributed by atoms with van der Waals surface area (Å²) in [5.74, 6) is -0.465. The van der Waals surface area contributed by atoms with E-state index in [-0.39, 0.29) is 23.2 Å². The number of carbonyl (C=O) groups is 1. The lowest BCUT2D eigenvalue weighted by atomic mass is 10.0. The number of amides is 1. The zero-order valence-electron chi connectivity index (χ0n) is 10.8. The fraction of sp³-hybridized carbons (Fsp3) is 0.545. The quantitative estimate of drug-likeness (QED) is 0.884. The highest BCUT2D eigenvalue weighted by Crippen LogP contribution is 2.26. The number of alkyl halides is 3. The number of halogens is 4. The average molecular weight is 324 g/mol. The lowest BCUT2D eigenvalue weighted by Gasteiger charge is -2.33. The highest BCUT2D eigenvalue weighted by molar-refractivity contribution is 6.35. The summed E-state index contributed by atoms with van der Waals surface area (Å²) in [5, 5.41) is 2.77. The molecule has 116 valence electrons. The second-order valence-corrected chi connectivity index (χ2v) is 5.01. The second-order valence-electron chi connectivity index (χ2n) is 4.64. The Bertz CT molecular complexity index is 539. The summed E-state index contributed by atoms with van der Waals surface area (Å²) in [6, 6.07) is -0.812. The standard InChI is InChI=1S/C11H13ClF3N5O/c12-7-8(16)17-5-18-9(7)19-6-2-1-3-20(10(6)21)4-11(13,14)15/h5-6H,1-4H2,(H3,16,17,18,19)/t6-/m1/s1. The van der Waals surface area contributed by atoms with Crippen molar-refractivity contribution in [3.05, 3.63) is 11.3 Å². The van der Waals surface area contributed by atoms with Gasteiger partial charge in [-0.05, 0) is 12.8 Å². The first-order valence-electron chi connectivity index (χ1n) is 6.16. The minimum absolute atomic E-state index is 0.0320. The molecule has 1 amide bonds. The zero-order chi connectivity index (χ0) is 15.6. The van der Waals surface area contributed by atoms with Crippen LogP contribution in [0, 0.1) is 0 Å². The summed E-state index contributed by atoms with van der Waals surface area (Å²) in [5.41, 5.74) is 5.50. The number of likely N-dealkylation sites (tertiary alicyclic amines) is 1. The molecule has 1 fully saturated rings. The molecule has 3 N–H and O–H groups in total. The largest absolute Gasteiger partial charge is 0.406 e. The van der Waals surface area contributed by atoms with Gasteiger partial charge >= 0.3 is 6.18 Å². The van der Waals surface area contributed by atoms with Crippen molar-refractivity contribution in [2.45, 2.75) is 25.1 Å². The van der Waals surface area contributed by atoms with E-state index in [0.717, 1.165) is 11.2 Å². The summed E-state index contributed by atoms with van der Waals surface area (Å²) in [4.78, 5) is 20.3. The summed E-state index contributed by atoms with van der Waals surface area (Å²) < 4.78 is 37.2. The van der Waals surface area contributed by atoms with E-state index in [1.54, 1.807) is 0 Å². The Morgan fingerprint density at radius 1 is 1.48 bits per heavy atom. The van der Waals surface area contributed by atoms with Gasteiger partial charge in [0.25, 0.3) is 0 Å². The number of piperidine rings is 1. The number of nitrogen functional groups attached to an aromatic ring is 1. The number of nitrogens with two attached hydrogens (primary N) is 1. The molecule has 2 heterocycles. The molecule has 1 aliphatic rings. The minimum Gasteiger partial charge on any atom is -0.382 e. The van der Waals surface area contributed by atoms with Gasteiger partial charge in [-0.15, -0.1) is 0 Å². The molecule has 2 rings (SSSR count). The molecular formula is C11H13ClF3N5O. The molecule has 10 heteroatoms. The van der Waals surface area contributed by atoms with E-state index in [1.807, 2.05) is 0 Å². The van der Waals surface area contributed by atoms with Crippen LogP contribution in [0.4, 0.5) is 24.8 Å². The molecule has 0 aliphatic carbocycles. The third-order valence-corrected chi connectivity index (χ3v) is 3.40. The maximum atomic E-state index is 12.4. The van der Waals surface area contributed by atoms with Gasteiger partial charge in [-0.3, -0.25) is 4.79 Å². The molecule has 1 atom stereocenters. The van der Waals surface area contributed by atoms with Gasteiger partial charge in [-0.25, -0.2) is 9.97 Å². The Morgan fingerprint density at radius 3 is 2.86 bits per heavy atom. The highest BCUT2D eigenvalue weighted by Gasteiger charge is 2.37. The lowest BCUT2D eigenvalue weighted by Crippen LogP contribution is -2.50. The van der Waals surface area contributed by atoms with Crippen LogP contribution in [0.3, 0.4) is 0 Å². The van der Waals surface area contributed by atoms with Crippen LogP contribution in [-0.4, -0.2) is 46.1 Å². The average Bonchev–Trinajstić information content (AvgIpc) is 2.38. The van der Waals surface area contributed by atoms with Crippen molar-refractivity contribution in [1.82, 2.24) is 14.9 Å². The fourth-order valence-electron chi connectivity index (χ4n) is 2.10. The molecule has 0 unspecified atom stereocenters.